The molecule has 1 saturated carbocycles. The summed E-state index contributed by atoms with van der Waals surface area (Å²) in [4.78, 5) is 0. The molecule has 3 unspecified atom stereocenters. The Hall–Kier alpha value is -0.250. The maximum absolute atomic E-state index is 12.5. The van der Waals surface area contributed by atoms with Crippen LogP contribution in [0.5, 0.6) is 0 Å². The second kappa shape index (κ2) is 6.27. The predicted octanol–water partition coefficient (Wildman–Crippen LogP) is 4.52. The summed E-state index contributed by atoms with van der Waals surface area (Å²) in [5, 5.41) is 3.40. The average molecular weight is 265 g/mol. The van der Waals surface area contributed by atoms with Crippen molar-refractivity contribution >= 4 is 0 Å². The minimum Gasteiger partial charge on any atom is -0.314 e. The number of rotatable bonds is 3. The highest BCUT2D eigenvalue weighted by Crippen LogP contribution is 2.39. The van der Waals surface area contributed by atoms with Gasteiger partial charge < -0.3 is 5.32 Å². The lowest BCUT2D eigenvalue weighted by molar-refractivity contribution is -0.149. The average Bonchev–Trinajstić information content (AvgIpc) is 2.28. The monoisotopic (exact) mass is 265 g/mol. The van der Waals surface area contributed by atoms with E-state index in [1.165, 1.54) is 0 Å². The van der Waals surface area contributed by atoms with Gasteiger partial charge >= 0.3 is 6.18 Å². The van der Waals surface area contributed by atoms with Crippen molar-refractivity contribution in [2.24, 2.45) is 11.8 Å². The zero-order valence-electron chi connectivity index (χ0n) is 11.7. The molecular weight excluding hydrogens is 239 g/mol. The third-order valence-corrected chi connectivity index (χ3v) is 4.81. The third kappa shape index (κ3) is 4.45. The first-order valence-corrected chi connectivity index (χ1v) is 7.07. The van der Waals surface area contributed by atoms with Crippen LogP contribution in [0, 0.1) is 11.8 Å². The lowest BCUT2D eigenvalue weighted by atomic mass is 9.74. The molecule has 3 atom stereocenters. The fourth-order valence-corrected chi connectivity index (χ4v) is 3.23. The zero-order chi connectivity index (χ0) is 13.8. The quantitative estimate of drug-likeness (QED) is 0.791. The smallest absolute Gasteiger partial charge is 0.314 e. The van der Waals surface area contributed by atoms with Gasteiger partial charge in [-0.1, -0.05) is 20.3 Å². The fraction of sp³-hybridized carbons (Fsp3) is 1.00. The van der Waals surface area contributed by atoms with E-state index in [2.05, 4.69) is 12.2 Å². The molecule has 0 radical (unpaired) electrons. The summed E-state index contributed by atoms with van der Waals surface area (Å²) < 4.78 is 37.6. The minimum absolute atomic E-state index is 0.150. The van der Waals surface area contributed by atoms with Crippen LogP contribution in [-0.2, 0) is 0 Å². The van der Waals surface area contributed by atoms with Gasteiger partial charge in [0.25, 0.3) is 0 Å². The highest BCUT2D eigenvalue weighted by molar-refractivity contribution is 4.89. The minimum atomic E-state index is -4.01. The highest BCUT2D eigenvalue weighted by atomic mass is 19.4. The molecule has 18 heavy (non-hydrogen) atoms. The molecular formula is C14H26F3N. The van der Waals surface area contributed by atoms with E-state index >= 15 is 0 Å². The second-order valence-corrected chi connectivity index (χ2v) is 5.87. The number of alkyl halides is 3. The first-order chi connectivity index (χ1) is 8.32. The van der Waals surface area contributed by atoms with Gasteiger partial charge in [0.15, 0.2) is 0 Å². The van der Waals surface area contributed by atoms with Crippen molar-refractivity contribution < 1.29 is 13.2 Å². The van der Waals surface area contributed by atoms with E-state index in [-0.39, 0.29) is 17.4 Å². The van der Waals surface area contributed by atoms with E-state index in [9.17, 15) is 13.2 Å². The SMILES string of the molecule is CCC1(NC)CCCC(CC(F)(F)F)C(C)CC1. The summed E-state index contributed by atoms with van der Waals surface area (Å²) in [6, 6.07) is 0. The molecule has 0 aromatic carbocycles. The first-order valence-electron chi connectivity index (χ1n) is 7.07. The van der Waals surface area contributed by atoms with Crippen molar-refractivity contribution in [2.75, 3.05) is 7.05 Å². The van der Waals surface area contributed by atoms with Crippen LogP contribution in [0.1, 0.15) is 58.8 Å². The van der Waals surface area contributed by atoms with E-state index in [4.69, 9.17) is 0 Å². The van der Waals surface area contributed by atoms with E-state index in [1.807, 2.05) is 14.0 Å². The van der Waals surface area contributed by atoms with Gasteiger partial charge in [0.2, 0.25) is 0 Å². The molecule has 0 saturated heterocycles. The van der Waals surface area contributed by atoms with E-state index in [0.29, 0.717) is 6.42 Å². The summed E-state index contributed by atoms with van der Waals surface area (Å²) in [6.07, 6.45) is 0.950. The van der Waals surface area contributed by atoms with Gasteiger partial charge in [-0.3, -0.25) is 0 Å². The third-order valence-electron chi connectivity index (χ3n) is 4.81. The summed E-state index contributed by atoms with van der Waals surface area (Å²) >= 11 is 0. The molecule has 0 aliphatic heterocycles. The largest absolute Gasteiger partial charge is 0.389 e. The summed E-state index contributed by atoms with van der Waals surface area (Å²) in [7, 11) is 1.98. The van der Waals surface area contributed by atoms with Crippen LogP contribution in [0.4, 0.5) is 13.2 Å². The van der Waals surface area contributed by atoms with Gasteiger partial charge in [0.1, 0.15) is 0 Å². The topological polar surface area (TPSA) is 12.0 Å². The Balaban J connectivity index is 2.62. The van der Waals surface area contributed by atoms with E-state index < -0.39 is 12.6 Å². The molecule has 0 bridgehead atoms. The zero-order valence-corrected chi connectivity index (χ0v) is 11.7. The van der Waals surface area contributed by atoms with Crippen LogP contribution in [0.25, 0.3) is 0 Å². The highest BCUT2D eigenvalue weighted by Gasteiger charge is 2.37. The normalized spacial score (nSPS) is 35.0. The number of halogens is 3. The molecule has 0 spiro atoms. The summed E-state index contributed by atoms with van der Waals surface area (Å²) in [5.74, 6) is -0.0112. The van der Waals surface area contributed by atoms with Crippen molar-refractivity contribution in [2.45, 2.75) is 70.5 Å². The van der Waals surface area contributed by atoms with Crippen LogP contribution in [-0.4, -0.2) is 18.8 Å². The lowest BCUT2D eigenvalue weighted by Gasteiger charge is -2.38. The fourth-order valence-electron chi connectivity index (χ4n) is 3.23. The summed E-state index contributed by atoms with van der Waals surface area (Å²) in [5.41, 5.74) is 0.150. The van der Waals surface area contributed by atoms with Crippen LogP contribution in [0.15, 0.2) is 0 Å². The molecule has 0 aromatic heterocycles. The Morgan fingerprint density at radius 2 is 1.89 bits per heavy atom. The van der Waals surface area contributed by atoms with Crippen molar-refractivity contribution in [3.63, 3.8) is 0 Å². The van der Waals surface area contributed by atoms with Gasteiger partial charge in [-0.15, -0.1) is 0 Å². The van der Waals surface area contributed by atoms with Crippen LogP contribution < -0.4 is 5.32 Å². The molecule has 1 fully saturated rings. The van der Waals surface area contributed by atoms with Crippen molar-refractivity contribution in [3.05, 3.63) is 0 Å². The molecule has 4 heteroatoms. The Labute approximate surface area is 109 Å². The second-order valence-electron chi connectivity index (χ2n) is 5.87. The Bertz CT molecular complexity index is 246. The van der Waals surface area contributed by atoms with Crippen LogP contribution >= 0.6 is 0 Å². The van der Waals surface area contributed by atoms with Gasteiger partial charge in [-0.25, -0.2) is 0 Å². The van der Waals surface area contributed by atoms with Gasteiger partial charge in [-0.2, -0.15) is 13.2 Å². The Morgan fingerprint density at radius 3 is 2.39 bits per heavy atom. The standard InChI is InChI=1S/C14H26F3N/c1-4-13(18-3)8-5-6-12(10-14(15,16)17)11(2)7-9-13/h11-12,18H,4-10H2,1-3H3. The molecule has 108 valence electrons. The van der Waals surface area contributed by atoms with Crippen molar-refractivity contribution in [3.8, 4) is 0 Å². The maximum atomic E-state index is 12.5. The van der Waals surface area contributed by atoms with Crippen molar-refractivity contribution in [1.82, 2.24) is 5.32 Å². The molecule has 0 aromatic rings. The number of hydrogen-bond acceptors (Lipinski definition) is 1. The lowest BCUT2D eigenvalue weighted by Crippen LogP contribution is -2.44. The van der Waals surface area contributed by atoms with Gasteiger partial charge in [-0.05, 0) is 51.0 Å². The Morgan fingerprint density at radius 1 is 1.22 bits per heavy atom. The van der Waals surface area contributed by atoms with E-state index in [0.717, 1.165) is 32.1 Å². The molecule has 1 nitrogen and oxygen atoms in total. The first kappa shape index (κ1) is 15.8. The van der Waals surface area contributed by atoms with E-state index in [1.54, 1.807) is 0 Å². The Kier molecular flexibility index (Phi) is 5.50. The molecule has 0 heterocycles. The molecule has 1 aliphatic rings. The van der Waals surface area contributed by atoms with Gasteiger partial charge in [0.05, 0.1) is 0 Å². The van der Waals surface area contributed by atoms with Gasteiger partial charge in [0, 0.05) is 12.0 Å². The predicted molar refractivity (Wildman–Crippen MR) is 68.5 cm³/mol. The molecule has 0 amide bonds. The molecule has 1 rings (SSSR count). The molecule has 1 aliphatic carbocycles. The number of nitrogens with one attached hydrogen (secondary N) is 1. The maximum Gasteiger partial charge on any atom is 0.389 e. The number of hydrogen-bond donors (Lipinski definition) is 1. The van der Waals surface area contributed by atoms with Crippen molar-refractivity contribution in [1.29, 1.82) is 0 Å². The van der Waals surface area contributed by atoms with Crippen LogP contribution in [0.3, 0.4) is 0 Å². The molecule has 1 N–H and O–H groups in total. The van der Waals surface area contributed by atoms with Crippen LogP contribution in [0.2, 0.25) is 0 Å². The summed E-state index contributed by atoms with van der Waals surface area (Å²) in [6.45, 7) is 4.15.